The molecule has 1 N–H and O–H groups in total. The first-order valence-electron chi connectivity index (χ1n) is 11.6. The molecule has 1 aliphatic carbocycles. The number of halogens is 1. The zero-order valence-electron chi connectivity index (χ0n) is 19.0. The second-order valence-electron chi connectivity index (χ2n) is 8.47. The van der Waals surface area contributed by atoms with Crippen molar-refractivity contribution in [1.82, 2.24) is 15.1 Å². The summed E-state index contributed by atoms with van der Waals surface area (Å²) in [5.74, 6) is -0.741. The Labute approximate surface area is 198 Å². The molecule has 176 valence electrons. The summed E-state index contributed by atoms with van der Waals surface area (Å²) in [6, 6.07) is 15.6. The lowest BCUT2D eigenvalue weighted by atomic mass is 9.89. The molecule has 2 aromatic carbocycles. The summed E-state index contributed by atoms with van der Waals surface area (Å²) in [6.07, 6.45) is 10.6. The summed E-state index contributed by atoms with van der Waals surface area (Å²) in [6.45, 7) is 0.315. The van der Waals surface area contributed by atoms with E-state index in [4.69, 9.17) is 4.74 Å². The lowest BCUT2D eigenvalue weighted by molar-refractivity contribution is -0.143. The largest absolute Gasteiger partial charge is 0.452 e. The molecule has 1 heterocycles. The fourth-order valence-electron chi connectivity index (χ4n) is 4.10. The number of nitrogens with zero attached hydrogens (tertiary/aromatic N) is 2. The third-order valence-corrected chi connectivity index (χ3v) is 5.94. The zero-order valence-corrected chi connectivity index (χ0v) is 19.0. The molecule has 1 aromatic heterocycles. The fraction of sp³-hybridized carbons (Fsp3) is 0.296. The predicted octanol–water partition coefficient (Wildman–Crippen LogP) is 4.93. The molecule has 0 aliphatic heterocycles. The summed E-state index contributed by atoms with van der Waals surface area (Å²) in [5, 5.41) is 7.48. The summed E-state index contributed by atoms with van der Waals surface area (Å²) in [5.41, 5.74) is 2.82. The number of carbonyl (C=O) groups excluding carboxylic acids is 2. The Hall–Kier alpha value is -3.74. The van der Waals surface area contributed by atoms with Crippen molar-refractivity contribution >= 4 is 18.0 Å². The van der Waals surface area contributed by atoms with Crippen molar-refractivity contribution < 1.29 is 18.7 Å². The van der Waals surface area contributed by atoms with Crippen LogP contribution in [0.4, 0.5) is 4.39 Å². The van der Waals surface area contributed by atoms with Gasteiger partial charge in [-0.15, -0.1) is 0 Å². The van der Waals surface area contributed by atoms with Crippen LogP contribution in [0.1, 0.15) is 37.7 Å². The first-order chi connectivity index (χ1) is 16.6. The van der Waals surface area contributed by atoms with E-state index in [9.17, 15) is 14.0 Å². The standard InChI is InChI=1S/C27H28FN3O3/c28-23-14-11-21(12-15-23)27-22(18-31(30-27)24-9-5-2-6-10-24)13-16-26(33)34-19-25(32)29-17-20-7-3-1-4-8-20/h2,5-6,9-16,18,20H,1,3-4,7-8,17,19H2,(H,29,32)/b16-13+. The van der Waals surface area contributed by atoms with Crippen molar-refractivity contribution in [2.45, 2.75) is 32.1 Å². The molecular weight excluding hydrogens is 433 g/mol. The van der Waals surface area contributed by atoms with Crippen LogP contribution in [0.25, 0.3) is 23.0 Å². The fourth-order valence-corrected chi connectivity index (χ4v) is 4.10. The van der Waals surface area contributed by atoms with Crippen molar-refractivity contribution in [2.75, 3.05) is 13.2 Å². The van der Waals surface area contributed by atoms with E-state index in [-0.39, 0.29) is 18.3 Å². The van der Waals surface area contributed by atoms with E-state index in [0.29, 0.717) is 29.3 Å². The van der Waals surface area contributed by atoms with Gasteiger partial charge in [-0.2, -0.15) is 5.10 Å². The normalized spacial score (nSPS) is 14.3. The van der Waals surface area contributed by atoms with Crippen molar-refractivity contribution in [1.29, 1.82) is 0 Å². The first-order valence-corrected chi connectivity index (χ1v) is 11.6. The summed E-state index contributed by atoms with van der Waals surface area (Å²) >= 11 is 0. The molecule has 0 atom stereocenters. The van der Waals surface area contributed by atoms with Gasteiger partial charge in [0, 0.05) is 29.9 Å². The van der Waals surface area contributed by atoms with Crippen molar-refractivity contribution in [2.24, 2.45) is 5.92 Å². The number of rotatable bonds is 8. The van der Waals surface area contributed by atoms with Gasteiger partial charge >= 0.3 is 5.97 Å². The highest BCUT2D eigenvalue weighted by atomic mass is 19.1. The molecule has 0 bridgehead atoms. The van der Waals surface area contributed by atoms with Gasteiger partial charge in [0.1, 0.15) is 5.82 Å². The molecule has 0 saturated heterocycles. The number of hydrogen-bond acceptors (Lipinski definition) is 4. The molecule has 0 radical (unpaired) electrons. The second-order valence-corrected chi connectivity index (χ2v) is 8.47. The van der Waals surface area contributed by atoms with Gasteiger partial charge in [0.05, 0.1) is 11.4 Å². The Kier molecular flexibility index (Phi) is 7.86. The zero-order chi connectivity index (χ0) is 23.8. The number of esters is 1. The topological polar surface area (TPSA) is 73.2 Å². The van der Waals surface area contributed by atoms with Gasteiger partial charge in [0.15, 0.2) is 6.61 Å². The van der Waals surface area contributed by atoms with E-state index in [1.54, 1.807) is 29.1 Å². The van der Waals surface area contributed by atoms with Gasteiger partial charge in [0.2, 0.25) is 0 Å². The minimum Gasteiger partial charge on any atom is -0.452 e. The number of ether oxygens (including phenoxy) is 1. The first kappa shape index (κ1) is 23.4. The van der Waals surface area contributed by atoms with Gasteiger partial charge in [-0.3, -0.25) is 4.79 Å². The average Bonchev–Trinajstić information content (AvgIpc) is 3.31. The highest BCUT2D eigenvalue weighted by Crippen LogP contribution is 2.25. The molecule has 34 heavy (non-hydrogen) atoms. The van der Waals surface area contributed by atoms with E-state index in [1.807, 2.05) is 30.3 Å². The molecule has 4 rings (SSSR count). The highest BCUT2D eigenvalue weighted by molar-refractivity contribution is 5.90. The number of amides is 1. The quantitative estimate of drug-likeness (QED) is 0.381. The van der Waals surface area contributed by atoms with Gasteiger partial charge in [0.25, 0.3) is 5.91 Å². The van der Waals surface area contributed by atoms with Crippen LogP contribution in [0.2, 0.25) is 0 Å². The molecule has 1 fully saturated rings. The highest BCUT2D eigenvalue weighted by Gasteiger charge is 2.15. The molecule has 1 aliphatic rings. The number of aromatic nitrogens is 2. The van der Waals surface area contributed by atoms with Gasteiger partial charge < -0.3 is 10.1 Å². The lowest BCUT2D eigenvalue weighted by Crippen LogP contribution is -2.33. The second kappa shape index (κ2) is 11.4. The number of hydrogen-bond donors (Lipinski definition) is 1. The van der Waals surface area contributed by atoms with Crippen molar-refractivity contribution in [3.63, 3.8) is 0 Å². The minimum absolute atomic E-state index is 0.295. The molecule has 1 amide bonds. The maximum atomic E-state index is 13.4. The molecular formula is C27H28FN3O3. The smallest absolute Gasteiger partial charge is 0.331 e. The van der Waals surface area contributed by atoms with E-state index in [2.05, 4.69) is 10.4 Å². The third-order valence-electron chi connectivity index (χ3n) is 5.94. The Morgan fingerprint density at radius 3 is 2.53 bits per heavy atom. The lowest BCUT2D eigenvalue weighted by Gasteiger charge is -2.21. The van der Waals surface area contributed by atoms with E-state index >= 15 is 0 Å². The number of carbonyl (C=O) groups is 2. The van der Waals surface area contributed by atoms with Crippen LogP contribution in [0.3, 0.4) is 0 Å². The Balaban J connectivity index is 1.40. The molecule has 1 saturated carbocycles. The van der Waals surface area contributed by atoms with E-state index in [0.717, 1.165) is 18.5 Å². The Morgan fingerprint density at radius 2 is 1.79 bits per heavy atom. The van der Waals surface area contributed by atoms with Gasteiger partial charge in [-0.1, -0.05) is 37.5 Å². The van der Waals surface area contributed by atoms with Crippen LogP contribution in [0.15, 0.2) is 66.9 Å². The SMILES string of the molecule is O=C(COC(=O)/C=C/c1cn(-c2ccccc2)nc1-c1ccc(F)cc1)NCC1CCCCC1. The molecule has 6 nitrogen and oxygen atoms in total. The van der Waals surface area contributed by atoms with Crippen LogP contribution in [0, 0.1) is 11.7 Å². The van der Waals surface area contributed by atoms with Gasteiger partial charge in [-0.25, -0.2) is 13.9 Å². The monoisotopic (exact) mass is 461 g/mol. The molecule has 3 aromatic rings. The minimum atomic E-state index is -0.620. The average molecular weight is 462 g/mol. The molecule has 7 heteroatoms. The van der Waals surface area contributed by atoms with Crippen LogP contribution in [-0.4, -0.2) is 34.8 Å². The maximum Gasteiger partial charge on any atom is 0.331 e. The predicted molar refractivity (Wildman–Crippen MR) is 129 cm³/mol. The molecule has 0 unspecified atom stereocenters. The summed E-state index contributed by atoms with van der Waals surface area (Å²) in [4.78, 5) is 24.3. The van der Waals surface area contributed by atoms with Crippen LogP contribution in [0.5, 0.6) is 0 Å². The summed E-state index contributed by atoms with van der Waals surface area (Å²) in [7, 11) is 0. The number of benzene rings is 2. The Bertz CT molecular complexity index is 1130. The summed E-state index contributed by atoms with van der Waals surface area (Å²) < 4.78 is 20.2. The van der Waals surface area contributed by atoms with Crippen molar-refractivity contribution in [3.8, 4) is 16.9 Å². The van der Waals surface area contributed by atoms with E-state index < -0.39 is 5.97 Å². The van der Waals surface area contributed by atoms with Crippen LogP contribution in [-0.2, 0) is 14.3 Å². The van der Waals surface area contributed by atoms with Crippen LogP contribution >= 0.6 is 0 Å². The maximum absolute atomic E-state index is 13.4. The molecule has 0 spiro atoms. The number of para-hydroxylation sites is 1. The van der Waals surface area contributed by atoms with Crippen LogP contribution < -0.4 is 5.32 Å². The van der Waals surface area contributed by atoms with Crippen molar-refractivity contribution in [3.05, 3.63) is 78.3 Å². The third kappa shape index (κ3) is 6.41. The van der Waals surface area contributed by atoms with Gasteiger partial charge in [-0.05, 0) is 61.2 Å². The Morgan fingerprint density at radius 1 is 1.06 bits per heavy atom. The van der Waals surface area contributed by atoms with E-state index in [1.165, 1.54) is 37.5 Å². The number of nitrogens with one attached hydrogen (secondary N) is 1.